The van der Waals surface area contributed by atoms with Crippen LogP contribution in [0, 0.1) is 0 Å². The molecular weight excluding hydrogens is 312 g/mol. The van der Waals surface area contributed by atoms with Crippen molar-refractivity contribution in [2.45, 2.75) is 26.4 Å². The van der Waals surface area contributed by atoms with Gasteiger partial charge >= 0.3 is 0 Å². The highest BCUT2D eigenvalue weighted by Gasteiger charge is 2.18. The standard InChI is InChI=1S/C17H17ClN4O/c1-3-22-14-7-5-4-6-13(14)21-16(22)11(2)20-17(23)12-8-9-19-15(18)10-12/h4-11H,3H2,1-2H3,(H,20,23). The van der Waals surface area contributed by atoms with Crippen LogP contribution in [-0.4, -0.2) is 20.4 Å². The van der Waals surface area contributed by atoms with Crippen molar-refractivity contribution in [1.29, 1.82) is 0 Å². The van der Waals surface area contributed by atoms with E-state index in [2.05, 4.69) is 26.8 Å². The zero-order chi connectivity index (χ0) is 16.4. The van der Waals surface area contributed by atoms with Crippen LogP contribution in [0.15, 0.2) is 42.6 Å². The van der Waals surface area contributed by atoms with E-state index < -0.39 is 0 Å². The first-order valence-electron chi connectivity index (χ1n) is 7.47. The van der Waals surface area contributed by atoms with Crippen LogP contribution in [0.5, 0.6) is 0 Å². The topological polar surface area (TPSA) is 59.8 Å². The predicted molar refractivity (Wildman–Crippen MR) is 90.5 cm³/mol. The monoisotopic (exact) mass is 328 g/mol. The number of rotatable bonds is 4. The van der Waals surface area contributed by atoms with E-state index >= 15 is 0 Å². The van der Waals surface area contributed by atoms with Gasteiger partial charge in [-0.2, -0.15) is 0 Å². The number of hydrogen-bond acceptors (Lipinski definition) is 3. The number of nitrogens with one attached hydrogen (secondary N) is 1. The number of carbonyl (C=O) groups excluding carboxylic acids is 1. The van der Waals surface area contributed by atoms with Crippen LogP contribution in [0.25, 0.3) is 11.0 Å². The summed E-state index contributed by atoms with van der Waals surface area (Å²) in [5, 5.41) is 3.26. The second-order valence-electron chi connectivity index (χ2n) is 5.27. The summed E-state index contributed by atoms with van der Waals surface area (Å²) in [5.74, 6) is 0.638. The van der Waals surface area contributed by atoms with Crippen LogP contribution in [0.3, 0.4) is 0 Å². The van der Waals surface area contributed by atoms with E-state index in [1.807, 2.05) is 31.2 Å². The molecular formula is C17H17ClN4O. The molecule has 0 radical (unpaired) electrons. The number of carbonyl (C=O) groups is 1. The summed E-state index contributed by atoms with van der Waals surface area (Å²) in [7, 11) is 0. The van der Waals surface area contributed by atoms with Gasteiger partial charge in [-0.25, -0.2) is 9.97 Å². The van der Waals surface area contributed by atoms with E-state index in [9.17, 15) is 4.79 Å². The van der Waals surface area contributed by atoms with E-state index in [0.29, 0.717) is 10.7 Å². The Morgan fingerprint density at radius 1 is 1.35 bits per heavy atom. The average Bonchev–Trinajstić information content (AvgIpc) is 2.93. The van der Waals surface area contributed by atoms with Crippen LogP contribution >= 0.6 is 11.6 Å². The molecule has 1 unspecified atom stereocenters. The number of hydrogen-bond donors (Lipinski definition) is 1. The molecule has 0 saturated carbocycles. The fourth-order valence-corrected chi connectivity index (χ4v) is 2.82. The van der Waals surface area contributed by atoms with Crippen molar-refractivity contribution in [2.75, 3.05) is 0 Å². The summed E-state index contributed by atoms with van der Waals surface area (Å²) in [6.07, 6.45) is 1.52. The Balaban J connectivity index is 1.88. The molecule has 0 aliphatic rings. The highest BCUT2D eigenvalue weighted by molar-refractivity contribution is 6.29. The second-order valence-corrected chi connectivity index (χ2v) is 5.65. The maximum Gasteiger partial charge on any atom is 0.252 e. The third-order valence-electron chi connectivity index (χ3n) is 3.72. The second kappa shape index (κ2) is 6.38. The molecule has 0 fully saturated rings. The molecule has 0 aliphatic heterocycles. The minimum absolute atomic E-state index is 0.198. The van der Waals surface area contributed by atoms with Gasteiger partial charge in [0, 0.05) is 18.3 Å². The van der Waals surface area contributed by atoms with Crippen molar-refractivity contribution >= 4 is 28.5 Å². The van der Waals surface area contributed by atoms with Crippen molar-refractivity contribution in [1.82, 2.24) is 19.9 Å². The van der Waals surface area contributed by atoms with Crippen molar-refractivity contribution in [3.05, 3.63) is 59.1 Å². The summed E-state index contributed by atoms with van der Waals surface area (Å²) in [6.45, 7) is 4.78. The molecule has 1 amide bonds. The lowest BCUT2D eigenvalue weighted by Crippen LogP contribution is -2.28. The van der Waals surface area contributed by atoms with Gasteiger partial charge in [0.15, 0.2) is 0 Å². The lowest BCUT2D eigenvalue weighted by Gasteiger charge is -2.15. The Morgan fingerprint density at radius 3 is 2.87 bits per heavy atom. The number of benzene rings is 1. The summed E-state index contributed by atoms with van der Waals surface area (Å²) in [4.78, 5) is 20.9. The Bertz CT molecular complexity index is 859. The van der Waals surface area contributed by atoms with Crippen molar-refractivity contribution in [3.8, 4) is 0 Å². The maximum atomic E-state index is 12.4. The van der Waals surface area contributed by atoms with Crippen molar-refractivity contribution in [2.24, 2.45) is 0 Å². The number of aromatic nitrogens is 3. The lowest BCUT2D eigenvalue weighted by molar-refractivity contribution is 0.0937. The zero-order valence-corrected chi connectivity index (χ0v) is 13.7. The first-order chi connectivity index (χ1) is 11.1. The molecule has 1 N–H and O–H groups in total. The van der Waals surface area contributed by atoms with E-state index in [1.165, 1.54) is 6.20 Å². The summed E-state index contributed by atoms with van der Waals surface area (Å²) in [5.41, 5.74) is 2.48. The Kier molecular flexibility index (Phi) is 4.30. The molecule has 23 heavy (non-hydrogen) atoms. The molecule has 5 nitrogen and oxygen atoms in total. The first-order valence-corrected chi connectivity index (χ1v) is 7.85. The molecule has 2 aromatic heterocycles. The van der Waals surface area contributed by atoms with Gasteiger partial charge in [-0.15, -0.1) is 0 Å². The fraction of sp³-hybridized carbons (Fsp3) is 0.235. The Labute approximate surface area is 139 Å². The SMILES string of the molecule is CCn1c(C(C)NC(=O)c2ccnc(Cl)c2)nc2ccccc21. The van der Waals surface area contributed by atoms with E-state index in [-0.39, 0.29) is 11.9 Å². The molecule has 1 aromatic carbocycles. The van der Waals surface area contributed by atoms with Crippen LogP contribution in [-0.2, 0) is 6.54 Å². The molecule has 3 aromatic rings. The number of amides is 1. The number of pyridine rings is 1. The van der Waals surface area contributed by atoms with E-state index in [0.717, 1.165) is 23.4 Å². The first kappa shape index (κ1) is 15.5. The van der Waals surface area contributed by atoms with Crippen molar-refractivity contribution in [3.63, 3.8) is 0 Å². The van der Waals surface area contributed by atoms with Gasteiger partial charge in [-0.3, -0.25) is 4.79 Å². The number of aryl methyl sites for hydroxylation is 1. The largest absolute Gasteiger partial charge is 0.342 e. The van der Waals surface area contributed by atoms with Crippen LogP contribution in [0.2, 0.25) is 5.15 Å². The molecule has 6 heteroatoms. The van der Waals surface area contributed by atoms with Crippen LogP contribution in [0.4, 0.5) is 0 Å². The lowest BCUT2D eigenvalue weighted by atomic mass is 10.2. The quantitative estimate of drug-likeness (QED) is 0.744. The molecule has 1 atom stereocenters. The molecule has 2 heterocycles. The molecule has 0 saturated heterocycles. The van der Waals surface area contributed by atoms with Gasteiger partial charge in [0.25, 0.3) is 5.91 Å². The van der Waals surface area contributed by atoms with Gasteiger partial charge in [0.2, 0.25) is 0 Å². The summed E-state index contributed by atoms with van der Waals surface area (Å²) in [6, 6.07) is 10.9. The summed E-state index contributed by atoms with van der Waals surface area (Å²) >= 11 is 5.84. The van der Waals surface area contributed by atoms with Crippen molar-refractivity contribution < 1.29 is 4.79 Å². The summed E-state index contributed by atoms with van der Waals surface area (Å²) < 4.78 is 2.11. The number of imidazole rings is 1. The molecule has 0 aliphatic carbocycles. The van der Waals surface area contributed by atoms with Gasteiger partial charge in [-0.1, -0.05) is 23.7 Å². The highest BCUT2D eigenvalue weighted by Crippen LogP contribution is 2.21. The molecule has 3 rings (SSSR count). The van der Waals surface area contributed by atoms with E-state index in [1.54, 1.807) is 12.1 Å². The normalized spacial score (nSPS) is 12.3. The van der Waals surface area contributed by atoms with Crippen LogP contribution < -0.4 is 5.32 Å². The number of halogens is 1. The van der Waals surface area contributed by atoms with Gasteiger partial charge in [0.05, 0.1) is 17.1 Å². The van der Waals surface area contributed by atoms with Gasteiger partial charge < -0.3 is 9.88 Å². The molecule has 118 valence electrons. The van der Waals surface area contributed by atoms with Crippen LogP contribution in [0.1, 0.15) is 36.1 Å². The number of nitrogens with zero attached hydrogens (tertiary/aromatic N) is 3. The van der Waals surface area contributed by atoms with Gasteiger partial charge in [-0.05, 0) is 38.1 Å². The average molecular weight is 329 g/mol. The smallest absolute Gasteiger partial charge is 0.252 e. The number of para-hydroxylation sites is 2. The third kappa shape index (κ3) is 3.05. The minimum Gasteiger partial charge on any atom is -0.342 e. The Morgan fingerprint density at radius 2 is 2.13 bits per heavy atom. The number of fused-ring (bicyclic) bond motifs is 1. The maximum absolute atomic E-state index is 12.4. The molecule has 0 spiro atoms. The van der Waals surface area contributed by atoms with Gasteiger partial charge in [0.1, 0.15) is 11.0 Å². The third-order valence-corrected chi connectivity index (χ3v) is 3.93. The minimum atomic E-state index is -0.221. The highest BCUT2D eigenvalue weighted by atomic mass is 35.5. The predicted octanol–water partition coefficient (Wildman–Crippen LogP) is 3.60. The fourth-order valence-electron chi connectivity index (χ4n) is 2.65. The zero-order valence-electron chi connectivity index (χ0n) is 13.0. The van der Waals surface area contributed by atoms with E-state index in [4.69, 9.17) is 11.6 Å². The Hall–Kier alpha value is -2.40. The molecule has 0 bridgehead atoms.